The van der Waals surface area contributed by atoms with Crippen LogP contribution in [0.4, 0.5) is 5.13 Å². The number of aromatic nitrogens is 1. The van der Waals surface area contributed by atoms with Gasteiger partial charge < -0.3 is 14.7 Å². The first-order chi connectivity index (χ1) is 9.10. The Morgan fingerprint density at radius 3 is 2.68 bits per heavy atom. The van der Waals surface area contributed by atoms with Crippen LogP contribution >= 0.6 is 22.9 Å². The van der Waals surface area contributed by atoms with Crippen molar-refractivity contribution in [1.29, 1.82) is 0 Å². The molecule has 0 spiro atoms. The number of carbonyl (C=O) groups excluding carboxylic acids is 1. The molecular formula is C12H15ClN2O3S. The summed E-state index contributed by atoms with van der Waals surface area (Å²) in [4.78, 5) is 18.4. The largest absolute Gasteiger partial charge is 0.465 e. The van der Waals surface area contributed by atoms with Gasteiger partial charge in [0.05, 0.1) is 13.2 Å². The number of aliphatic hydroxyl groups is 1. The molecular weight excluding hydrogens is 288 g/mol. The quantitative estimate of drug-likeness (QED) is 0.848. The Hall–Kier alpha value is -0.850. The zero-order valence-electron chi connectivity index (χ0n) is 10.5. The average molecular weight is 303 g/mol. The van der Waals surface area contributed by atoms with Gasteiger partial charge in [0.1, 0.15) is 0 Å². The van der Waals surface area contributed by atoms with Crippen molar-refractivity contribution in [2.24, 2.45) is 0 Å². The Balaban J connectivity index is 1.89. The van der Waals surface area contributed by atoms with Crippen LogP contribution in [0.25, 0.3) is 0 Å². The molecule has 2 bridgehead atoms. The Morgan fingerprint density at radius 2 is 2.11 bits per heavy atom. The van der Waals surface area contributed by atoms with Gasteiger partial charge in [0, 0.05) is 12.1 Å². The minimum absolute atomic E-state index is 0.206. The summed E-state index contributed by atoms with van der Waals surface area (Å²) < 4.78 is 4.69. The number of aliphatic hydroxyl groups excluding tert-OH is 1. The summed E-state index contributed by atoms with van der Waals surface area (Å²) in [6.07, 6.45) is 3.44. The Labute approximate surface area is 120 Å². The van der Waals surface area contributed by atoms with Crippen LogP contribution in [0.15, 0.2) is 0 Å². The summed E-state index contributed by atoms with van der Waals surface area (Å²) in [6, 6.07) is 0.614. The summed E-state index contributed by atoms with van der Waals surface area (Å²) in [5.41, 5.74) is 0. The van der Waals surface area contributed by atoms with Crippen molar-refractivity contribution in [3.63, 3.8) is 0 Å². The highest BCUT2D eigenvalue weighted by Gasteiger charge is 2.42. The highest BCUT2D eigenvalue weighted by Crippen LogP contribution is 2.42. The molecule has 104 valence electrons. The van der Waals surface area contributed by atoms with Gasteiger partial charge in [-0.15, -0.1) is 0 Å². The summed E-state index contributed by atoms with van der Waals surface area (Å²) in [5.74, 6) is -0.446. The van der Waals surface area contributed by atoms with Crippen molar-refractivity contribution in [3.05, 3.63) is 10.0 Å². The molecule has 5 nitrogen and oxygen atoms in total. The first-order valence-corrected chi connectivity index (χ1v) is 7.50. The summed E-state index contributed by atoms with van der Waals surface area (Å²) in [6.45, 7) is 0. The van der Waals surface area contributed by atoms with E-state index in [1.807, 2.05) is 0 Å². The zero-order chi connectivity index (χ0) is 13.6. The number of hydrogen-bond acceptors (Lipinski definition) is 6. The van der Waals surface area contributed by atoms with Gasteiger partial charge in [0.2, 0.25) is 0 Å². The molecule has 7 heteroatoms. The van der Waals surface area contributed by atoms with Crippen molar-refractivity contribution in [2.45, 2.75) is 43.9 Å². The van der Waals surface area contributed by atoms with Crippen LogP contribution in [0.2, 0.25) is 5.15 Å². The van der Waals surface area contributed by atoms with Crippen molar-refractivity contribution >= 4 is 34.0 Å². The maximum Gasteiger partial charge on any atom is 0.351 e. The lowest BCUT2D eigenvalue weighted by Gasteiger charge is -2.36. The van der Waals surface area contributed by atoms with E-state index in [0.717, 1.165) is 30.8 Å². The molecule has 3 heterocycles. The van der Waals surface area contributed by atoms with E-state index in [2.05, 4.69) is 9.88 Å². The van der Waals surface area contributed by atoms with Gasteiger partial charge in [-0.2, -0.15) is 0 Å². The van der Waals surface area contributed by atoms with Gasteiger partial charge >= 0.3 is 5.97 Å². The number of anilines is 1. The second-order valence-electron chi connectivity index (χ2n) is 5.03. The molecule has 19 heavy (non-hydrogen) atoms. The monoisotopic (exact) mass is 302 g/mol. The standard InChI is InChI=1S/C12H15ClN2O3S/c1-18-11(17)9-10(13)14-12(19-9)15-6-2-3-7(15)5-8(16)4-6/h6-8,16H,2-5H2,1H3/t6-,7-/m0/s1. The zero-order valence-corrected chi connectivity index (χ0v) is 12.1. The van der Waals surface area contributed by atoms with Gasteiger partial charge in [-0.1, -0.05) is 22.9 Å². The van der Waals surface area contributed by atoms with Gasteiger partial charge in [0.25, 0.3) is 0 Å². The number of esters is 1. The number of ether oxygens (including phenoxy) is 1. The molecule has 1 N–H and O–H groups in total. The number of rotatable bonds is 2. The van der Waals surface area contributed by atoms with Gasteiger partial charge in [-0.25, -0.2) is 9.78 Å². The van der Waals surface area contributed by atoms with Crippen LogP contribution in [0.3, 0.4) is 0 Å². The third-order valence-corrected chi connectivity index (χ3v) is 5.31. The number of methoxy groups -OCH3 is 1. The summed E-state index contributed by atoms with van der Waals surface area (Å²) >= 11 is 7.28. The molecule has 2 saturated heterocycles. The maximum absolute atomic E-state index is 11.6. The van der Waals surface area contributed by atoms with Gasteiger partial charge in [-0.05, 0) is 25.7 Å². The van der Waals surface area contributed by atoms with E-state index in [4.69, 9.17) is 16.3 Å². The molecule has 2 aliphatic rings. The molecule has 0 amide bonds. The molecule has 2 aliphatic heterocycles. The van der Waals surface area contributed by atoms with E-state index in [1.165, 1.54) is 18.4 Å². The number of carbonyl (C=O) groups is 1. The molecule has 3 rings (SSSR count). The van der Waals surface area contributed by atoms with Crippen molar-refractivity contribution in [3.8, 4) is 0 Å². The number of piperidine rings is 1. The van der Waals surface area contributed by atoms with Crippen LogP contribution in [0, 0.1) is 0 Å². The number of halogens is 1. The van der Waals surface area contributed by atoms with Crippen LogP contribution in [-0.2, 0) is 4.74 Å². The Bertz CT molecular complexity index is 493. The summed E-state index contributed by atoms with van der Waals surface area (Å²) in [7, 11) is 1.33. The molecule has 2 fully saturated rings. The highest BCUT2D eigenvalue weighted by atomic mass is 35.5. The first-order valence-electron chi connectivity index (χ1n) is 6.31. The minimum atomic E-state index is -0.446. The number of fused-ring (bicyclic) bond motifs is 2. The van der Waals surface area contributed by atoms with Crippen LogP contribution < -0.4 is 4.90 Å². The molecule has 0 aliphatic carbocycles. The van der Waals surface area contributed by atoms with E-state index in [9.17, 15) is 9.90 Å². The Kier molecular flexibility index (Phi) is 3.41. The predicted molar refractivity (Wildman–Crippen MR) is 73.0 cm³/mol. The second-order valence-corrected chi connectivity index (χ2v) is 6.36. The minimum Gasteiger partial charge on any atom is -0.465 e. The van der Waals surface area contributed by atoms with E-state index in [0.29, 0.717) is 17.0 Å². The van der Waals surface area contributed by atoms with Crippen molar-refractivity contribution in [1.82, 2.24) is 4.98 Å². The highest BCUT2D eigenvalue weighted by molar-refractivity contribution is 7.18. The smallest absolute Gasteiger partial charge is 0.351 e. The third-order valence-electron chi connectivity index (χ3n) is 3.87. The SMILES string of the molecule is COC(=O)c1sc(N2[C@H]3CC[C@H]2CC(O)C3)nc1Cl. The normalized spacial score (nSPS) is 29.6. The second kappa shape index (κ2) is 4.92. The molecule has 0 unspecified atom stereocenters. The molecule has 0 aromatic carbocycles. The van der Waals surface area contributed by atoms with Gasteiger partial charge in [-0.3, -0.25) is 0 Å². The number of hydrogen-bond donors (Lipinski definition) is 1. The van der Waals surface area contributed by atoms with E-state index < -0.39 is 5.97 Å². The number of nitrogens with zero attached hydrogens (tertiary/aromatic N) is 2. The molecule has 2 atom stereocenters. The predicted octanol–water partition coefficient (Wildman–Crippen LogP) is 2.08. The molecule has 1 aromatic rings. The lowest BCUT2D eigenvalue weighted by Crippen LogP contribution is -2.44. The fourth-order valence-electron chi connectivity index (χ4n) is 3.08. The lowest BCUT2D eigenvalue weighted by atomic mass is 10.0. The van der Waals surface area contributed by atoms with Crippen LogP contribution in [0.1, 0.15) is 35.4 Å². The van der Waals surface area contributed by atoms with Crippen molar-refractivity contribution in [2.75, 3.05) is 12.0 Å². The van der Waals surface area contributed by atoms with E-state index in [1.54, 1.807) is 0 Å². The van der Waals surface area contributed by atoms with Crippen LogP contribution in [0.5, 0.6) is 0 Å². The fourth-order valence-corrected chi connectivity index (χ4v) is 4.42. The topological polar surface area (TPSA) is 62.7 Å². The molecule has 1 aromatic heterocycles. The van der Waals surface area contributed by atoms with E-state index >= 15 is 0 Å². The fraction of sp³-hybridized carbons (Fsp3) is 0.667. The third kappa shape index (κ3) is 2.22. The van der Waals surface area contributed by atoms with Gasteiger partial charge in [0.15, 0.2) is 15.2 Å². The average Bonchev–Trinajstić information content (AvgIpc) is 2.87. The van der Waals surface area contributed by atoms with Crippen molar-refractivity contribution < 1.29 is 14.6 Å². The van der Waals surface area contributed by atoms with E-state index in [-0.39, 0.29) is 11.3 Å². The Morgan fingerprint density at radius 1 is 1.47 bits per heavy atom. The summed E-state index contributed by atoms with van der Waals surface area (Å²) in [5, 5.41) is 10.8. The van der Waals surface area contributed by atoms with Crippen LogP contribution in [-0.4, -0.2) is 41.4 Å². The molecule has 0 radical (unpaired) electrons. The lowest BCUT2D eigenvalue weighted by molar-refractivity contribution is 0.0606. The number of thiazole rings is 1. The first kappa shape index (κ1) is 13.1. The molecule has 0 saturated carbocycles. The maximum atomic E-state index is 11.6.